The van der Waals surface area contributed by atoms with Gasteiger partial charge in [0.15, 0.2) is 0 Å². The predicted octanol–water partition coefficient (Wildman–Crippen LogP) is 2.50. The molecular formula is C15H8N4. The van der Waals surface area contributed by atoms with Crippen LogP contribution in [0.25, 0.3) is 21.9 Å². The highest BCUT2D eigenvalue weighted by molar-refractivity contribution is 5.99. The zero-order valence-corrected chi connectivity index (χ0v) is 9.86. The molecule has 2 aliphatic rings. The van der Waals surface area contributed by atoms with Gasteiger partial charge in [-0.2, -0.15) is 10.5 Å². The summed E-state index contributed by atoms with van der Waals surface area (Å²) in [6.07, 6.45) is 3.67. The molecule has 0 saturated heterocycles. The number of hydrogen-bond acceptors (Lipinski definition) is 3. The molecule has 2 N–H and O–H groups in total. The van der Waals surface area contributed by atoms with E-state index in [1.807, 2.05) is 24.5 Å². The van der Waals surface area contributed by atoms with Crippen molar-refractivity contribution < 1.29 is 0 Å². The quantitative estimate of drug-likeness (QED) is 0.636. The summed E-state index contributed by atoms with van der Waals surface area (Å²) in [6.45, 7) is 0. The van der Waals surface area contributed by atoms with Gasteiger partial charge in [0.2, 0.25) is 0 Å². The lowest BCUT2D eigenvalue weighted by atomic mass is 9.99. The van der Waals surface area contributed by atoms with E-state index in [9.17, 15) is 10.5 Å². The summed E-state index contributed by atoms with van der Waals surface area (Å²) in [5.41, 5.74) is 1.98. The van der Waals surface area contributed by atoms with E-state index in [0.29, 0.717) is 11.1 Å². The van der Waals surface area contributed by atoms with Crippen LogP contribution in [-0.4, -0.2) is 4.98 Å². The van der Waals surface area contributed by atoms with Gasteiger partial charge in [0.1, 0.15) is 6.07 Å². The Morgan fingerprint density at radius 3 is 2.68 bits per heavy atom. The van der Waals surface area contributed by atoms with E-state index in [-0.39, 0.29) is 10.9 Å². The molecule has 4 nitrogen and oxygen atoms in total. The molecule has 1 heterocycles. The van der Waals surface area contributed by atoms with Crippen molar-refractivity contribution in [3.8, 4) is 23.3 Å². The molecule has 0 aliphatic heterocycles. The minimum atomic E-state index is 0.155. The van der Waals surface area contributed by atoms with E-state index >= 15 is 0 Å². The monoisotopic (exact) mass is 244 g/mol. The molecule has 3 rings (SSSR count). The van der Waals surface area contributed by atoms with Crippen LogP contribution < -0.4 is 5.36 Å². The summed E-state index contributed by atoms with van der Waals surface area (Å²) >= 11 is 0. The zero-order valence-electron chi connectivity index (χ0n) is 9.86. The molecule has 88 valence electrons. The second kappa shape index (κ2) is 3.97. The summed E-state index contributed by atoms with van der Waals surface area (Å²) in [5, 5.41) is 28.4. The van der Waals surface area contributed by atoms with Gasteiger partial charge in [0, 0.05) is 23.3 Å². The van der Waals surface area contributed by atoms with Gasteiger partial charge in [0.25, 0.3) is 0 Å². The molecule has 0 saturated carbocycles. The second-order valence-electron chi connectivity index (χ2n) is 4.21. The fraction of sp³-hybridized carbons (Fsp3) is 0. The van der Waals surface area contributed by atoms with Crippen LogP contribution >= 0.6 is 0 Å². The summed E-state index contributed by atoms with van der Waals surface area (Å²) in [5.74, 6) is 0. The summed E-state index contributed by atoms with van der Waals surface area (Å²) in [4.78, 5) is 3.01. The third kappa shape index (κ3) is 1.48. The highest BCUT2D eigenvalue weighted by Crippen LogP contribution is 2.32. The average Bonchev–Trinajstić information content (AvgIpc) is 2.96. The minimum Gasteiger partial charge on any atom is -0.366 e. The Kier molecular flexibility index (Phi) is 2.30. The van der Waals surface area contributed by atoms with E-state index < -0.39 is 0 Å². The number of nitrogens with one attached hydrogen (secondary N) is 2. The molecule has 0 atom stereocenters. The van der Waals surface area contributed by atoms with Crippen molar-refractivity contribution in [1.29, 1.82) is 15.9 Å². The first kappa shape index (κ1) is 11.0. The van der Waals surface area contributed by atoms with Crippen LogP contribution in [-0.2, 0) is 0 Å². The first-order valence-corrected chi connectivity index (χ1v) is 5.67. The highest BCUT2D eigenvalue weighted by Gasteiger charge is 2.17. The third-order valence-electron chi connectivity index (χ3n) is 3.19. The van der Waals surface area contributed by atoms with E-state index in [4.69, 9.17) is 5.41 Å². The van der Waals surface area contributed by atoms with Gasteiger partial charge in [-0.25, -0.2) is 0 Å². The predicted molar refractivity (Wildman–Crippen MR) is 70.2 cm³/mol. The summed E-state index contributed by atoms with van der Waals surface area (Å²) in [7, 11) is 0. The lowest BCUT2D eigenvalue weighted by Gasteiger charge is -2.00. The van der Waals surface area contributed by atoms with E-state index in [2.05, 4.69) is 11.1 Å². The van der Waals surface area contributed by atoms with Crippen LogP contribution in [0.1, 0.15) is 11.1 Å². The van der Waals surface area contributed by atoms with E-state index in [0.717, 1.165) is 16.3 Å². The van der Waals surface area contributed by atoms with Crippen LogP contribution in [0.4, 0.5) is 0 Å². The first-order valence-electron chi connectivity index (χ1n) is 5.67. The Morgan fingerprint density at radius 1 is 1.11 bits per heavy atom. The third-order valence-corrected chi connectivity index (χ3v) is 3.19. The Morgan fingerprint density at radius 2 is 1.95 bits per heavy atom. The van der Waals surface area contributed by atoms with Gasteiger partial charge in [-0.1, -0.05) is 12.1 Å². The zero-order chi connectivity index (χ0) is 13.4. The molecule has 0 unspecified atom stereocenters. The summed E-state index contributed by atoms with van der Waals surface area (Å²) in [6, 6.07) is 11.1. The maximum Gasteiger partial charge on any atom is 0.102 e. The Hall–Kier alpha value is -3.11. The van der Waals surface area contributed by atoms with E-state index in [1.54, 1.807) is 18.2 Å². The van der Waals surface area contributed by atoms with Crippen molar-refractivity contribution in [3.05, 3.63) is 53.1 Å². The number of aromatic nitrogens is 1. The maximum atomic E-state index is 9.25. The van der Waals surface area contributed by atoms with Crippen molar-refractivity contribution in [2.75, 3.05) is 0 Å². The van der Waals surface area contributed by atoms with Gasteiger partial charge >= 0.3 is 0 Å². The molecule has 0 aromatic carbocycles. The van der Waals surface area contributed by atoms with Gasteiger partial charge in [0.05, 0.1) is 22.6 Å². The fourth-order valence-corrected chi connectivity index (χ4v) is 2.34. The van der Waals surface area contributed by atoms with Gasteiger partial charge < -0.3 is 4.98 Å². The highest BCUT2D eigenvalue weighted by atomic mass is 14.6. The standard InChI is InChI=1S/C15H8N4/c16-5-9-2-1-3-10-7-19-8-13(10)11-4-14(18)12(6-17)15(9)11/h1-4,7-8,18-19H. The van der Waals surface area contributed by atoms with Gasteiger partial charge in [-0.15, -0.1) is 0 Å². The van der Waals surface area contributed by atoms with Crippen LogP contribution in [0.2, 0.25) is 0 Å². The number of hydrogen-bond donors (Lipinski definition) is 2. The number of fused-ring (bicyclic) bond motifs is 3. The largest absolute Gasteiger partial charge is 0.366 e. The lowest BCUT2D eigenvalue weighted by Crippen LogP contribution is -1.96. The van der Waals surface area contributed by atoms with Crippen LogP contribution in [0, 0.1) is 28.1 Å². The van der Waals surface area contributed by atoms with E-state index in [1.165, 1.54) is 0 Å². The number of H-pyrrole nitrogens is 1. The van der Waals surface area contributed by atoms with Crippen molar-refractivity contribution in [2.45, 2.75) is 0 Å². The van der Waals surface area contributed by atoms with Crippen molar-refractivity contribution in [1.82, 2.24) is 4.98 Å². The molecular weight excluding hydrogens is 236 g/mol. The number of rotatable bonds is 0. The number of nitrogens with zero attached hydrogens (tertiary/aromatic N) is 2. The minimum absolute atomic E-state index is 0.155. The molecule has 1 aromatic heterocycles. The molecule has 2 aliphatic carbocycles. The normalized spacial score (nSPS) is 10.2. The molecule has 0 bridgehead atoms. The second-order valence-corrected chi connectivity index (χ2v) is 4.21. The molecule has 0 spiro atoms. The lowest BCUT2D eigenvalue weighted by molar-refractivity contribution is 1.28. The van der Waals surface area contributed by atoms with Gasteiger partial charge in [-0.3, -0.25) is 5.41 Å². The first-order chi connectivity index (χ1) is 9.26. The molecule has 1 aromatic rings. The molecule has 0 radical (unpaired) electrons. The number of nitriles is 2. The van der Waals surface area contributed by atoms with Crippen molar-refractivity contribution in [2.24, 2.45) is 0 Å². The van der Waals surface area contributed by atoms with Gasteiger partial charge in [-0.05, 0) is 23.1 Å². The SMILES string of the molecule is N#Cc1cccc2c[nH]cc2c2cc(=N)c(C#N)c1-2. The maximum absolute atomic E-state index is 9.25. The summed E-state index contributed by atoms with van der Waals surface area (Å²) < 4.78 is 0. The molecule has 0 amide bonds. The van der Waals surface area contributed by atoms with Crippen LogP contribution in [0.5, 0.6) is 0 Å². The van der Waals surface area contributed by atoms with Crippen molar-refractivity contribution >= 4 is 10.8 Å². The molecule has 19 heavy (non-hydrogen) atoms. The fourth-order valence-electron chi connectivity index (χ4n) is 2.34. The number of aromatic amines is 1. The Bertz CT molecular complexity index is 906. The average molecular weight is 244 g/mol. The smallest absolute Gasteiger partial charge is 0.102 e. The topological polar surface area (TPSA) is 87.2 Å². The molecule has 0 fully saturated rings. The molecule has 4 heteroatoms. The Labute approximate surface area is 109 Å². The Balaban J connectivity index is 2.65. The van der Waals surface area contributed by atoms with Crippen LogP contribution in [0.3, 0.4) is 0 Å². The van der Waals surface area contributed by atoms with Crippen molar-refractivity contribution in [3.63, 3.8) is 0 Å². The van der Waals surface area contributed by atoms with Crippen LogP contribution in [0.15, 0.2) is 36.7 Å².